The number of aliphatic carboxylic acids is 1. The molecule has 150 valence electrons. The van der Waals surface area contributed by atoms with Crippen molar-refractivity contribution in [2.45, 2.75) is 19.5 Å². The van der Waals surface area contributed by atoms with Crippen molar-refractivity contribution in [1.82, 2.24) is 10.3 Å². The molecule has 1 amide bonds. The van der Waals surface area contributed by atoms with Gasteiger partial charge >= 0.3 is 12.1 Å². The lowest BCUT2D eigenvalue weighted by molar-refractivity contribution is -0.141. The Morgan fingerprint density at radius 2 is 1.86 bits per heavy atom. The quantitative estimate of drug-likeness (QED) is 0.716. The fourth-order valence-electron chi connectivity index (χ4n) is 2.42. The maximum absolute atomic E-state index is 12.5. The third kappa shape index (κ3) is 5.97. The summed E-state index contributed by atoms with van der Waals surface area (Å²) >= 11 is 0. The van der Waals surface area contributed by atoms with Crippen molar-refractivity contribution in [2.75, 3.05) is 13.2 Å². The first-order valence-electron chi connectivity index (χ1n) is 8.46. The number of benzene rings is 1. The monoisotopic (exact) mass is 396 g/mol. The minimum atomic E-state index is -4.55. The maximum atomic E-state index is 12.5. The molecule has 0 aliphatic carbocycles. The van der Waals surface area contributed by atoms with Gasteiger partial charge in [0.1, 0.15) is 11.4 Å². The molecule has 2 N–H and O–H groups in total. The predicted molar refractivity (Wildman–Crippen MR) is 94.0 cm³/mol. The average Bonchev–Trinajstić information content (AvgIpc) is 2.65. The number of hydrogen-bond acceptors (Lipinski definition) is 4. The molecule has 0 radical (unpaired) electrons. The Kier molecular flexibility index (Phi) is 6.97. The van der Waals surface area contributed by atoms with Crippen LogP contribution in [0, 0.1) is 5.92 Å². The average molecular weight is 396 g/mol. The minimum Gasteiger partial charge on any atom is -0.494 e. The van der Waals surface area contributed by atoms with Crippen molar-refractivity contribution in [3.63, 3.8) is 0 Å². The van der Waals surface area contributed by atoms with E-state index in [9.17, 15) is 27.9 Å². The Balaban J connectivity index is 1.97. The third-order valence-corrected chi connectivity index (χ3v) is 3.90. The molecule has 6 nitrogen and oxygen atoms in total. The van der Waals surface area contributed by atoms with Crippen molar-refractivity contribution in [1.29, 1.82) is 0 Å². The first-order chi connectivity index (χ1) is 13.2. The fraction of sp³-hybridized carbons (Fsp3) is 0.316. The number of nitrogens with zero attached hydrogens (tertiary/aromatic N) is 1. The number of carbonyl (C=O) groups is 2. The van der Waals surface area contributed by atoms with Gasteiger partial charge in [-0.15, -0.1) is 0 Å². The molecule has 0 aliphatic heterocycles. The molecule has 0 saturated heterocycles. The van der Waals surface area contributed by atoms with E-state index < -0.39 is 29.5 Å². The van der Waals surface area contributed by atoms with E-state index >= 15 is 0 Å². The van der Waals surface area contributed by atoms with E-state index in [0.29, 0.717) is 18.6 Å². The van der Waals surface area contributed by atoms with Gasteiger partial charge in [0.2, 0.25) is 0 Å². The van der Waals surface area contributed by atoms with Crippen LogP contribution in [0.3, 0.4) is 0 Å². The lowest BCUT2D eigenvalue weighted by Gasteiger charge is -2.14. The van der Waals surface area contributed by atoms with Crippen LogP contribution in [0.2, 0.25) is 0 Å². The van der Waals surface area contributed by atoms with E-state index in [4.69, 9.17) is 4.74 Å². The summed E-state index contributed by atoms with van der Waals surface area (Å²) < 4.78 is 42.9. The van der Waals surface area contributed by atoms with Crippen LogP contribution in [-0.4, -0.2) is 35.1 Å². The summed E-state index contributed by atoms with van der Waals surface area (Å²) in [6.45, 7) is 2.17. The van der Waals surface area contributed by atoms with E-state index in [1.54, 1.807) is 24.3 Å². The smallest absolute Gasteiger partial charge is 0.417 e. The molecule has 1 heterocycles. The first-order valence-corrected chi connectivity index (χ1v) is 8.46. The highest BCUT2D eigenvalue weighted by atomic mass is 19.4. The molecular weight excluding hydrogens is 377 g/mol. The van der Waals surface area contributed by atoms with Crippen LogP contribution < -0.4 is 10.1 Å². The Labute approximate surface area is 159 Å². The Hall–Kier alpha value is -3.10. The maximum Gasteiger partial charge on any atom is 0.417 e. The second-order valence-corrected chi connectivity index (χ2v) is 5.96. The number of aromatic nitrogens is 1. The zero-order chi connectivity index (χ0) is 20.7. The molecule has 1 aromatic heterocycles. The van der Waals surface area contributed by atoms with Crippen LogP contribution in [0.25, 0.3) is 0 Å². The van der Waals surface area contributed by atoms with Crippen molar-refractivity contribution >= 4 is 11.9 Å². The predicted octanol–water partition coefficient (Wildman–Crippen LogP) is 3.17. The topological polar surface area (TPSA) is 88.5 Å². The summed E-state index contributed by atoms with van der Waals surface area (Å²) in [6.07, 6.45) is -3.82. The molecule has 0 bridgehead atoms. The molecule has 2 aromatic rings. The van der Waals surface area contributed by atoms with Crippen molar-refractivity contribution in [2.24, 2.45) is 5.92 Å². The van der Waals surface area contributed by atoms with Gasteiger partial charge in [-0.2, -0.15) is 13.2 Å². The lowest BCUT2D eigenvalue weighted by Crippen LogP contribution is -2.34. The summed E-state index contributed by atoms with van der Waals surface area (Å²) in [5.74, 6) is -2.09. The van der Waals surface area contributed by atoms with Crippen LogP contribution in [0.5, 0.6) is 5.75 Å². The van der Waals surface area contributed by atoms with Crippen LogP contribution in [0.15, 0.2) is 42.6 Å². The highest BCUT2D eigenvalue weighted by Gasteiger charge is 2.31. The SMILES string of the molecule is CCOc1ccc(CC(CNC(=O)c2ccc(C(F)(F)F)cn2)C(=O)O)cc1. The highest BCUT2D eigenvalue weighted by molar-refractivity contribution is 5.92. The number of pyridine rings is 1. The molecule has 0 saturated carbocycles. The zero-order valence-electron chi connectivity index (χ0n) is 15.0. The number of ether oxygens (including phenoxy) is 1. The number of rotatable bonds is 8. The second-order valence-electron chi connectivity index (χ2n) is 5.96. The number of hydrogen-bond donors (Lipinski definition) is 2. The van der Waals surface area contributed by atoms with E-state index in [0.717, 1.165) is 17.7 Å². The van der Waals surface area contributed by atoms with Gasteiger partial charge < -0.3 is 15.2 Å². The number of carboxylic acid groups (broad SMARTS) is 1. The molecule has 0 aliphatic rings. The summed E-state index contributed by atoms with van der Waals surface area (Å²) in [5, 5.41) is 11.8. The van der Waals surface area contributed by atoms with E-state index in [1.165, 1.54) is 0 Å². The zero-order valence-corrected chi connectivity index (χ0v) is 15.0. The summed E-state index contributed by atoms with van der Waals surface area (Å²) in [7, 11) is 0. The number of amides is 1. The van der Waals surface area contributed by atoms with Gasteiger partial charge in [-0.05, 0) is 43.2 Å². The standard InChI is InChI=1S/C19H19F3N2O4/c1-2-28-15-6-3-12(4-7-15)9-13(18(26)27)10-24-17(25)16-8-5-14(11-23-16)19(20,21)22/h3-8,11,13H,2,9-10H2,1H3,(H,24,25)(H,26,27). The fourth-order valence-corrected chi connectivity index (χ4v) is 2.42. The van der Waals surface area contributed by atoms with E-state index in [1.807, 2.05) is 6.92 Å². The van der Waals surface area contributed by atoms with Gasteiger partial charge in [0.15, 0.2) is 0 Å². The number of carboxylic acids is 1. The van der Waals surface area contributed by atoms with Crippen LogP contribution in [0.1, 0.15) is 28.5 Å². The first kappa shape index (κ1) is 21.2. The van der Waals surface area contributed by atoms with Gasteiger partial charge in [-0.1, -0.05) is 12.1 Å². The third-order valence-electron chi connectivity index (χ3n) is 3.90. The second kappa shape index (κ2) is 9.20. The normalized spacial score (nSPS) is 12.3. The van der Waals surface area contributed by atoms with Gasteiger partial charge in [0.25, 0.3) is 5.91 Å². The Morgan fingerprint density at radius 1 is 1.18 bits per heavy atom. The molecule has 0 spiro atoms. The molecule has 9 heteroatoms. The van der Waals surface area contributed by atoms with Crippen molar-refractivity contribution < 1.29 is 32.6 Å². The molecule has 1 unspecified atom stereocenters. The molecule has 0 fully saturated rings. The largest absolute Gasteiger partial charge is 0.494 e. The number of carbonyl (C=O) groups excluding carboxylic acids is 1. The van der Waals surface area contributed by atoms with Crippen LogP contribution in [-0.2, 0) is 17.4 Å². The Morgan fingerprint density at radius 3 is 2.36 bits per heavy atom. The number of alkyl halides is 3. The highest BCUT2D eigenvalue weighted by Crippen LogP contribution is 2.28. The summed E-state index contributed by atoms with van der Waals surface area (Å²) in [5.41, 5.74) is -0.445. The molecular formula is C19H19F3N2O4. The van der Waals surface area contributed by atoms with E-state index in [-0.39, 0.29) is 18.7 Å². The molecule has 2 rings (SSSR count). The molecule has 1 atom stereocenters. The summed E-state index contributed by atoms with van der Waals surface area (Å²) in [4.78, 5) is 27.0. The minimum absolute atomic E-state index is 0.169. The van der Waals surface area contributed by atoms with Gasteiger partial charge in [0, 0.05) is 12.7 Å². The van der Waals surface area contributed by atoms with Crippen LogP contribution in [0.4, 0.5) is 13.2 Å². The Bertz CT molecular complexity index is 805. The summed E-state index contributed by atoms with van der Waals surface area (Å²) in [6, 6.07) is 8.61. The van der Waals surface area contributed by atoms with Crippen molar-refractivity contribution in [3.05, 3.63) is 59.4 Å². The van der Waals surface area contributed by atoms with E-state index in [2.05, 4.69) is 10.3 Å². The lowest BCUT2D eigenvalue weighted by atomic mass is 9.99. The molecule has 28 heavy (non-hydrogen) atoms. The van der Waals surface area contributed by atoms with Crippen LogP contribution >= 0.6 is 0 Å². The molecule has 1 aromatic carbocycles. The van der Waals surface area contributed by atoms with Crippen molar-refractivity contribution in [3.8, 4) is 5.75 Å². The number of nitrogens with one attached hydrogen (secondary N) is 1. The number of halogens is 3. The van der Waals surface area contributed by atoms with Gasteiger partial charge in [0.05, 0.1) is 18.1 Å². The van der Waals surface area contributed by atoms with Gasteiger partial charge in [-0.25, -0.2) is 0 Å². The van der Waals surface area contributed by atoms with Gasteiger partial charge in [-0.3, -0.25) is 14.6 Å².